The number of carboxylic acids is 1. The molecule has 1 aliphatic heterocycles. The normalized spacial score (nSPS) is 17.2. The molecule has 1 heterocycles. The van der Waals surface area contributed by atoms with Crippen LogP contribution < -0.4 is 10.6 Å². The fourth-order valence-corrected chi connectivity index (χ4v) is 3.47. The number of hydrogen-bond acceptors (Lipinski definition) is 7. The molecule has 12 nitrogen and oxygen atoms in total. The quantitative estimate of drug-likeness (QED) is 0.358. The van der Waals surface area contributed by atoms with Gasteiger partial charge < -0.3 is 25.6 Å². The number of hydrogen-bond donors (Lipinski definition) is 4. The van der Waals surface area contributed by atoms with Crippen molar-refractivity contribution in [1.82, 2.24) is 20.7 Å². The van der Waals surface area contributed by atoms with Crippen LogP contribution in [-0.4, -0.2) is 81.8 Å². The van der Waals surface area contributed by atoms with Crippen LogP contribution in [-0.2, 0) is 24.0 Å². The van der Waals surface area contributed by atoms with Gasteiger partial charge in [0, 0.05) is 19.0 Å². The number of carbonyl (C=O) groups is 6. The topological polar surface area (TPSA) is 173 Å². The van der Waals surface area contributed by atoms with E-state index in [0.29, 0.717) is 0 Å². The Labute approximate surface area is 197 Å². The van der Waals surface area contributed by atoms with E-state index in [4.69, 9.17) is 28.3 Å². The number of carboxylic acid groups (broad SMARTS) is 1. The van der Waals surface area contributed by atoms with E-state index in [9.17, 15) is 33.9 Å². The first-order valence-electron chi connectivity index (χ1n) is 9.47. The molecule has 0 saturated carbocycles. The fraction of sp³-hybridized carbons (Fsp3) is 0.368. The number of phenolic OH excluding ortho intramolecular Hbond substituents is 1. The third kappa shape index (κ3) is 6.56. The van der Waals surface area contributed by atoms with Crippen molar-refractivity contribution in [3.05, 3.63) is 27.7 Å². The lowest BCUT2D eigenvalue weighted by molar-refractivity contribution is -0.161. The van der Waals surface area contributed by atoms with Crippen molar-refractivity contribution >= 4 is 59.1 Å². The molecule has 2 rings (SSSR count). The number of nitrogens with one attached hydrogen (secondary N) is 2. The molecule has 4 amide bonds. The molecule has 33 heavy (non-hydrogen) atoms. The number of rotatable bonds is 8. The van der Waals surface area contributed by atoms with Gasteiger partial charge in [-0.25, -0.2) is 5.01 Å². The molecule has 0 aromatic heterocycles. The van der Waals surface area contributed by atoms with Crippen LogP contribution in [0.15, 0.2) is 12.1 Å². The highest BCUT2D eigenvalue weighted by Crippen LogP contribution is 2.32. The van der Waals surface area contributed by atoms with Gasteiger partial charge in [-0.2, -0.15) is 0 Å². The Morgan fingerprint density at radius 1 is 1.24 bits per heavy atom. The van der Waals surface area contributed by atoms with Crippen LogP contribution in [0.5, 0.6) is 5.75 Å². The highest BCUT2D eigenvalue weighted by molar-refractivity contribution is 6.37. The molecule has 1 aromatic rings. The van der Waals surface area contributed by atoms with Crippen molar-refractivity contribution < 1.29 is 39.0 Å². The summed E-state index contributed by atoms with van der Waals surface area (Å²) in [6.07, 6.45) is -0.615. The summed E-state index contributed by atoms with van der Waals surface area (Å²) in [4.78, 5) is 71.9. The van der Waals surface area contributed by atoms with Crippen molar-refractivity contribution in [2.45, 2.75) is 31.3 Å². The molecule has 0 spiro atoms. The predicted octanol–water partition coefficient (Wildman–Crippen LogP) is -0.0484. The van der Waals surface area contributed by atoms with E-state index in [1.54, 1.807) is 0 Å². The average Bonchev–Trinajstić information content (AvgIpc) is 2.84. The minimum absolute atomic E-state index is 0.0497. The number of phenols is 1. The maximum atomic E-state index is 13.0. The number of nitrogens with zero attached hydrogens (tertiary/aromatic N) is 2. The molecule has 0 aliphatic carbocycles. The summed E-state index contributed by atoms with van der Waals surface area (Å²) in [7, 11) is 1.26. The smallest absolute Gasteiger partial charge is 0.305 e. The van der Waals surface area contributed by atoms with Gasteiger partial charge in [0.05, 0.1) is 22.5 Å². The summed E-state index contributed by atoms with van der Waals surface area (Å²) in [6, 6.07) is -0.239. The first kappa shape index (κ1) is 25.9. The lowest BCUT2D eigenvalue weighted by atomic mass is 10.1. The number of benzene rings is 1. The third-order valence-electron chi connectivity index (χ3n) is 4.71. The largest absolute Gasteiger partial charge is 0.505 e. The van der Waals surface area contributed by atoms with Crippen molar-refractivity contribution in [3.63, 3.8) is 0 Å². The van der Waals surface area contributed by atoms with Crippen molar-refractivity contribution in [3.8, 4) is 5.75 Å². The van der Waals surface area contributed by atoms with Crippen LogP contribution in [0, 0.1) is 0 Å². The summed E-state index contributed by atoms with van der Waals surface area (Å²) in [5.41, 5.74) is -0.0497. The molecule has 14 heteroatoms. The standard InChI is InChI=1S/C19H20Cl2N4O8/c1-24-15(28)3-2-13(23-18(32)9-4-11(20)17(31)12(21)5-9)19(33)25(24)7-14(27)22-10(8-26)6-16(29)30/h4-5,8,10,13,31H,2-3,6-7H2,1H3,(H,22,27)(H,23,32)(H,29,30). The first-order chi connectivity index (χ1) is 15.4. The van der Waals surface area contributed by atoms with Gasteiger partial charge in [-0.15, -0.1) is 0 Å². The van der Waals surface area contributed by atoms with Gasteiger partial charge in [-0.05, 0) is 18.6 Å². The lowest BCUT2D eigenvalue weighted by Gasteiger charge is -2.31. The Hall–Kier alpha value is -3.38. The van der Waals surface area contributed by atoms with Crippen molar-refractivity contribution in [1.29, 1.82) is 0 Å². The fourth-order valence-electron chi connectivity index (χ4n) is 2.98. The second-order valence-electron chi connectivity index (χ2n) is 7.07. The highest BCUT2D eigenvalue weighted by atomic mass is 35.5. The summed E-state index contributed by atoms with van der Waals surface area (Å²) in [5, 5.41) is 24.3. The van der Waals surface area contributed by atoms with E-state index in [2.05, 4.69) is 10.6 Å². The van der Waals surface area contributed by atoms with E-state index < -0.39 is 60.4 Å². The molecular weight excluding hydrogens is 483 g/mol. The zero-order valence-corrected chi connectivity index (χ0v) is 18.7. The van der Waals surface area contributed by atoms with Crippen LogP contribution in [0.2, 0.25) is 10.0 Å². The summed E-state index contributed by atoms with van der Waals surface area (Å²) < 4.78 is 0. The molecule has 1 fully saturated rings. The molecule has 1 aromatic carbocycles. The predicted molar refractivity (Wildman–Crippen MR) is 113 cm³/mol. The van der Waals surface area contributed by atoms with Crippen LogP contribution >= 0.6 is 23.2 Å². The zero-order valence-electron chi connectivity index (χ0n) is 17.2. The number of hydrazine groups is 1. The molecule has 0 radical (unpaired) electrons. The van der Waals surface area contributed by atoms with Gasteiger partial charge in [0.25, 0.3) is 11.8 Å². The van der Waals surface area contributed by atoms with E-state index in [0.717, 1.165) is 22.2 Å². The van der Waals surface area contributed by atoms with Gasteiger partial charge in [0.2, 0.25) is 11.8 Å². The molecule has 1 aliphatic rings. The highest BCUT2D eigenvalue weighted by Gasteiger charge is 2.36. The van der Waals surface area contributed by atoms with E-state index in [-0.39, 0.29) is 34.7 Å². The molecule has 0 bridgehead atoms. The average molecular weight is 503 g/mol. The van der Waals surface area contributed by atoms with E-state index >= 15 is 0 Å². The first-order valence-corrected chi connectivity index (χ1v) is 10.2. The van der Waals surface area contributed by atoms with E-state index in [1.807, 2.05) is 0 Å². The molecule has 4 N–H and O–H groups in total. The second kappa shape index (κ2) is 11.0. The summed E-state index contributed by atoms with van der Waals surface area (Å²) >= 11 is 11.6. The van der Waals surface area contributed by atoms with Crippen LogP contribution in [0.4, 0.5) is 0 Å². The number of amides is 4. The van der Waals surface area contributed by atoms with Gasteiger partial charge in [-0.3, -0.25) is 29.0 Å². The maximum Gasteiger partial charge on any atom is 0.305 e. The third-order valence-corrected chi connectivity index (χ3v) is 5.28. The molecule has 1 saturated heterocycles. The lowest BCUT2D eigenvalue weighted by Crippen LogP contribution is -2.56. The van der Waals surface area contributed by atoms with Gasteiger partial charge in [0.15, 0.2) is 5.75 Å². The Kier molecular flexibility index (Phi) is 8.60. The maximum absolute atomic E-state index is 13.0. The van der Waals surface area contributed by atoms with Crippen molar-refractivity contribution in [2.75, 3.05) is 13.6 Å². The zero-order chi connectivity index (χ0) is 24.9. The molecule has 2 unspecified atom stereocenters. The van der Waals surface area contributed by atoms with Gasteiger partial charge in [-0.1, -0.05) is 23.2 Å². The van der Waals surface area contributed by atoms with E-state index in [1.165, 1.54) is 7.05 Å². The second-order valence-corrected chi connectivity index (χ2v) is 7.89. The van der Waals surface area contributed by atoms with Crippen LogP contribution in [0.3, 0.4) is 0 Å². The number of halogens is 2. The Bertz CT molecular complexity index is 979. The van der Waals surface area contributed by atoms with Gasteiger partial charge >= 0.3 is 5.97 Å². The van der Waals surface area contributed by atoms with Crippen LogP contribution in [0.25, 0.3) is 0 Å². The summed E-state index contributed by atoms with van der Waals surface area (Å²) in [6.45, 7) is -0.700. The molecular formula is C19H20Cl2N4O8. The monoisotopic (exact) mass is 502 g/mol. The molecule has 2 atom stereocenters. The Morgan fingerprint density at radius 3 is 2.39 bits per heavy atom. The SMILES string of the molecule is CN1C(=O)CCC(NC(=O)c2cc(Cl)c(O)c(Cl)c2)C(=O)N1CC(=O)NC(C=O)CC(=O)O. The number of aldehydes is 1. The Morgan fingerprint density at radius 2 is 1.85 bits per heavy atom. The van der Waals surface area contributed by atoms with Gasteiger partial charge in [0.1, 0.15) is 18.9 Å². The van der Waals surface area contributed by atoms with Crippen LogP contribution in [0.1, 0.15) is 29.6 Å². The van der Waals surface area contributed by atoms with Crippen molar-refractivity contribution in [2.24, 2.45) is 0 Å². The number of aromatic hydroxyl groups is 1. The molecule has 178 valence electrons. The number of aliphatic carboxylic acids is 1. The minimum atomic E-state index is -1.32. The Balaban J connectivity index is 2.18. The summed E-state index contributed by atoms with van der Waals surface area (Å²) in [5.74, 6) is -4.68. The number of carbonyl (C=O) groups excluding carboxylic acids is 5. The minimum Gasteiger partial charge on any atom is -0.505 e.